The molecule has 3 atom stereocenters. The lowest BCUT2D eigenvalue weighted by molar-refractivity contribution is 0.0418. The summed E-state index contributed by atoms with van der Waals surface area (Å²) in [5.74, 6) is 0.949. The summed E-state index contributed by atoms with van der Waals surface area (Å²) in [6.07, 6.45) is 8.43. The van der Waals surface area contributed by atoms with E-state index >= 15 is 0 Å². The lowest BCUT2D eigenvalue weighted by Crippen LogP contribution is -2.56. The molecule has 0 aromatic carbocycles. The van der Waals surface area contributed by atoms with Crippen molar-refractivity contribution in [3.8, 4) is 0 Å². The van der Waals surface area contributed by atoms with Crippen LogP contribution in [0.4, 0.5) is 0 Å². The highest BCUT2D eigenvalue weighted by Crippen LogP contribution is 2.62. The zero-order chi connectivity index (χ0) is 15.7. The van der Waals surface area contributed by atoms with Crippen molar-refractivity contribution >= 4 is 0 Å². The molecule has 3 aliphatic carbocycles. The maximum Gasteiger partial charge on any atom is 0.0177 e. The molecule has 1 N–H and O–H groups in total. The first kappa shape index (κ1) is 15.8. The standard InChI is InChI=1S/C20H37N/c1-17(2)11-15(12-18(3,4)13-17)21-16-19(5,6)14-8-9-20(16,7)10-14/h14-16,21H,8-13H2,1-7H3. The largest absolute Gasteiger partial charge is 0.310 e. The first-order chi connectivity index (χ1) is 9.44. The van der Waals surface area contributed by atoms with Gasteiger partial charge in [0.15, 0.2) is 0 Å². The molecule has 0 aromatic heterocycles. The van der Waals surface area contributed by atoms with Gasteiger partial charge >= 0.3 is 0 Å². The van der Waals surface area contributed by atoms with Gasteiger partial charge in [0.1, 0.15) is 0 Å². The van der Waals surface area contributed by atoms with E-state index in [9.17, 15) is 0 Å². The molecule has 3 aliphatic rings. The number of fused-ring (bicyclic) bond motifs is 2. The molecular formula is C20H37N. The smallest absolute Gasteiger partial charge is 0.0177 e. The van der Waals surface area contributed by atoms with Crippen LogP contribution < -0.4 is 5.32 Å². The summed E-state index contributed by atoms with van der Waals surface area (Å²) >= 11 is 0. The van der Waals surface area contributed by atoms with Crippen molar-refractivity contribution in [2.75, 3.05) is 0 Å². The van der Waals surface area contributed by atoms with E-state index in [1.165, 1.54) is 38.5 Å². The quantitative estimate of drug-likeness (QED) is 0.718. The lowest BCUT2D eigenvalue weighted by atomic mass is 9.62. The van der Waals surface area contributed by atoms with Gasteiger partial charge in [-0.15, -0.1) is 0 Å². The van der Waals surface area contributed by atoms with Gasteiger partial charge in [0.25, 0.3) is 0 Å². The van der Waals surface area contributed by atoms with Crippen LogP contribution in [0.25, 0.3) is 0 Å². The van der Waals surface area contributed by atoms with Crippen LogP contribution in [0, 0.1) is 27.6 Å². The van der Waals surface area contributed by atoms with E-state index < -0.39 is 0 Å². The van der Waals surface area contributed by atoms with Crippen molar-refractivity contribution in [2.45, 2.75) is 99.1 Å². The molecule has 3 fully saturated rings. The Labute approximate surface area is 132 Å². The second-order valence-corrected chi connectivity index (χ2v) is 11.1. The van der Waals surface area contributed by atoms with E-state index in [0.29, 0.717) is 27.7 Å². The minimum Gasteiger partial charge on any atom is -0.310 e. The average Bonchev–Trinajstić information content (AvgIpc) is 2.71. The Kier molecular flexibility index (Phi) is 3.39. The summed E-state index contributed by atoms with van der Waals surface area (Å²) in [6, 6.07) is 1.43. The van der Waals surface area contributed by atoms with Crippen LogP contribution >= 0.6 is 0 Å². The highest BCUT2D eigenvalue weighted by molar-refractivity contribution is 5.13. The highest BCUT2D eigenvalue weighted by atomic mass is 15.0. The molecule has 21 heavy (non-hydrogen) atoms. The molecule has 0 saturated heterocycles. The summed E-state index contributed by atoms with van der Waals surface area (Å²) in [5, 5.41) is 4.19. The van der Waals surface area contributed by atoms with Gasteiger partial charge in [-0.3, -0.25) is 0 Å². The van der Waals surface area contributed by atoms with E-state index in [-0.39, 0.29) is 0 Å². The summed E-state index contributed by atoms with van der Waals surface area (Å²) in [5.41, 5.74) is 2.02. The van der Waals surface area contributed by atoms with Crippen molar-refractivity contribution in [1.82, 2.24) is 5.32 Å². The Morgan fingerprint density at radius 2 is 1.38 bits per heavy atom. The van der Waals surface area contributed by atoms with Crippen LogP contribution in [-0.2, 0) is 0 Å². The fourth-order valence-electron chi connectivity index (χ4n) is 6.92. The Hall–Kier alpha value is -0.0400. The van der Waals surface area contributed by atoms with Crippen molar-refractivity contribution in [3.05, 3.63) is 0 Å². The fraction of sp³-hybridized carbons (Fsp3) is 1.00. The van der Waals surface area contributed by atoms with Crippen LogP contribution in [0.15, 0.2) is 0 Å². The maximum absolute atomic E-state index is 4.19. The second-order valence-electron chi connectivity index (χ2n) is 11.1. The van der Waals surface area contributed by atoms with Gasteiger partial charge in [0.05, 0.1) is 0 Å². The number of hydrogen-bond acceptors (Lipinski definition) is 1. The van der Waals surface area contributed by atoms with E-state index in [2.05, 4.69) is 53.8 Å². The van der Waals surface area contributed by atoms with Crippen molar-refractivity contribution in [2.24, 2.45) is 27.6 Å². The SMILES string of the molecule is CC1(C)CC(NC2C3(C)CCC(C3)C2(C)C)CC(C)(C)C1. The zero-order valence-corrected chi connectivity index (χ0v) is 15.5. The molecule has 0 amide bonds. The zero-order valence-electron chi connectivity index (χ0n) is 15.5. The molecule has 0 aromatic rings. The van der Waals surface area contributed by atoms with Crippen LogP contribution in [-0.4, -0.2) is 12.1 Å². The molecule has 3 rings (SSSR count). The molecule has 1 heteroatoms. The van der Waals surface area contributed by atoms with E-state index in [4.69, 9.17) is 0 Å². The predicted octanol–water partition coefficient (Wildman–Crippen LogP) is 5.40. The molecular weight excluding hydrogens is 254 g/mol. The molecule has 3 saturated carbocycles. The van der Waals surface area contributed by atoms with Gasteiger partial charge in [-0.1, -0.05) is 48.5 Å². The first-order valence-corrected chi connectivity index (χ1v) is 9.20. The maximum atomic E-state index is 4.19. The number of rotatable bonds is 2. The van der Waals surface area contributed by atoms with Gasteiger partial charge in [-0.2, -0.15) is 0 Å². The summed E-state index contributed by atoms with van der Waals surface area (Å²) in [7, 11) is 0. The fourth-order valence-corrected chi connectivity index (χ4v) is 6.92. The van der Waals surface area contributed by atoms with E-state index in [1.807, 2.05) is 0 Å². The molecule has 1 nitrogen and oxygen atoms in total. The number of nitrogens with one attached hydrogen (secondary N) is 1. The van der Waals surface area contributed by atoms with Gasteiger partial charge in [0.2, 0.25) is 0 Å². The third-order valence-electron chi connectivity index (χ3n) is 7.23. The van der Waals surface area contributed by atoms with Crippen molar-refractivity contribution < 1.29 is 0 Å². The molecule has 0 heterocycles. The Morgan fingerprint density at radius 1 is 0.810 bits per heavy atom. The summed E-state index contributed by atoms with van der Waals surface area (Å²) < 4.78 is 0. The Bertz CT molecular complexity index is 399. The normalized spacial score (nSPS) is 44.1. The average molecular weight is 292 g/mol. The number of hydrogen-bond donors (Lipinski definition) is 1. The van der Waals surface area contributed by atoms with Crippen molar-refractivity contribution in [3.63, 3.8) is 0 Å². The minimum absolute atomic E-state index is 0.485. The molecule has 0 aliphatic heterocycles. The van der Waals surface area contributed by atoms with Crippen molar-refractivity contribution in [1.29, 1.82) is 0 Å². The minimum atomic E-state index is 0.485. The molecule has 2 bridgehead atoms. The molecule has 3 unspecified atom stereocenters. The third-order valence-corrected chi connectivity index (χ3v) is 7.23. The van der Waals surface area contributed by atoms with E-state index in [0.717, 1.165) is 12.0 Å². The third kappa shape index (κ3) is 2.69. The molecule has 0 radical (unpaired) electrons. The monoisotopic (exact) mass is 291 g/mol. The lowest BCUT2D eigenvalue weighted by Gasteiger charge is -2.50. The van der Waals surface area contributed by atoms with Gasteiger partial charge in [-0.25, -0.2) is 0 Å². The topological polar surface area (TPSA) is 12.0 Å². The predicted molar refractivity (Wildman–Crippen MR) is 91.4 cm³/mol. The second kappa shape index (κ2) is 4.49. The van der Waals surface area contributed by atoms with Crippen LogP contribution in [0.3, 0.4) is 0 Å². The van der Waals surface area contributed by atoms with Crippen LogP contribution in [0.2, 0.25) is 0 Å². The Balaban J connectivity index is 1.77. The van der Waals surface area contributed by atoms with Gasteiger partial charge in [-0.05, 0) is 66.1 Å². The van der Waals surface area contributed by atoms with Gasteiger partial charge < -0.3 is 5.32 Å². The molecule has 0 spiro atoms. The van der Waals surface area contributed by atoms with Crippen LogP contribution in [0.5, 0.6) is 0 Å². The van der Waals surface area contributed by atoms with Crippen LogP contribution in [0.1, 0.15) is 87.0 Å². The van der Waals surface area contributed by atoms with E-state index in [1.54, 1.807) is 0 Å². The molecule has 122 valence electrons. The summed E-state index contributed by atoms with van der Waals surface area (Å²) in [6.45, 7) is 17.5. The first-order valence-electron chi connectivity index (χ1n) is 9.20. The van der Waals surface area contributed by atoms with Gasteiger partial charge in [0, 0.05) is 12.1 Å². The summed E-state index contributed by atoms with van der Waals surface area (Å²) in [4.78, 5) is 0. The Morgan fingerprint density at radius 3 is 1.86 bits per heavy atom. The highest BCUT2D eigenvalue weighted by Gasteiger charge is 2.59.